The summed E-state index contributed by atoms with van der Waals surface area (Å²) in [7, 11) is 0. The Bertz CT molecular complexity index is 448. The fourth-order valence-electron chi connectivity index (χ4n) is 2.12. The number of anilines is 1. The highest BCUT2D eigenvalue weighted by Crippen LogP contribution is 2.30. The van der Waals surface area contributed by atoms with Crippen LogP contribution in [-0.4, -0.2) is 42.6 Å². The normalized spacial score (nSPS) is 10.7. The topological polar surface area (TPSA) is 67.6 Å². The molecular weight excluding hydrogens is 270 g/mol. The minimum absolute atomic E-state index is 0.00513. The number of nitrogens with one attached hydrogen (secondary N) is 1. The molecule has 0 radical (unpaired) electrons. The largest absolute Gasteiger partial charge is 0.487 e. The number of nitro groups is 1. The number of rotatable bonds is 10. The van der Waals surface area contributed by atoms with Gasteiger partial charge in [0, 0.05) is 24.4 Å². The monoisotopic (exact) mass is 295 g/mol. The van der Waals surface area contributed by atoms with Crippen LogP contribution in [0, 0.1) is 10.1 Å². The molecule has 0 saturated carbocycles. The maximum absolute atomic E-state index is 10.9. The lowest BCUT2D eigenvalue weighted by Crippen LogP contribution is -2.25. The van der Waals surface area contributed by atoms with Gasteiger partial charge in [-0.2, -0.15) is 0 Å². The van der Waals surface area contributed by atoms with Crippen molar-refractivity contribution in [3.63, 3.8) is 0 Å². The number of nitrogens with zero attached hydrogens (tertiary/aromatic N) is 2. The van der Waals surface area contributed by atoms with Crippen LogP contribution in [0.1, 0.15) is 27.2 Å². The van der Waals surface area contributed by atoms with Crippen LogP contribution in [0.15, 0.2) is 18.2 Å². The Balaban J connectivity index is 2.56. The average Bonchev–Trinajstić information content (AvgIpc) is 2.47. The summed E-state index contributed by atoms with van der Waals surface area (Å²) < 4.78 is 5.33. The second kappa shape index (κ2) is 9.18. The van der Waals surface area contributed by atoms with Crippen molar-refractivity contribution in [1.82, 2.24) is 4.90 Å². The maximum atomic E-state index is 10.9. The molecule has 0 bridgehead atoms. The lowest BCUT2D eigenvalue weighted by atomic mass is 10.2. The quantitative estimate of drug-likeness (QED) is 0.408. The van der Waals surface area contributed by atoms with Crippen LogP contribution in [-0.2, 0) is 0 Å². The molecule has 0 heterocycles. The summed E-state index contributed by atoms with van der Waals surface area (Å²) in [5.74, 6) is 0.316. The number of ether oxygens (including phenoxy) is 1. The van der Waals surface area contributed by atoms with E-state index in [2.05, 4.69) is 24.1 Å². The molecule has 0 unspecified atom stereocenters. The fraction of sp³-hybridized carbons (Fsp3) is 0.600. The van der Waals surface area contributed by atoms with E-state index in [1.54, 1.807) is 12.1 Å². The summed E-state index contributed by atoms with van der Waals surface area (Å²) in [6.45, 7) is 10.5. The third kappa shape index (κ3) is 5.59. The van der Waals surface area contributed by atoms with Crippen LogP contribution in [0.5, 0.6) is 5.75 Å². The van der Waals surface area contributed by atoms with Gasteiger partial charge in [-0.15, -0.1) is 0 Å². The van der Waals surface area contributed by atoms with Gasteiger partial charge in [-0.05, 0) is 39.0 Å². The summed E-state index contributed by atoms with van der Waals surface area (Å²) >= 11 is 0. The van der Waals surface area contributed by atoms with Gasteiger partial charge in [-0.25, -0.2) is 0 Å². The summed E-state index contributed by atoms with van der Waals surface area (Å²) in [6.07, 6.45) is 1.03. The van der Waals surface area contributed by atoms with E-state index in [1.807, 2.05) is 6.92 Å². The molecule has 6 nitrogen and oxygen atoms in total. The van der Waals surface area contributed by atoms with Gasteiger partial charge in [-0.3, -0.25) is 10.1 Å². The Morgan fingerprint density at radius 3 is 2.57 bits per heavy atom. The van der Waals surface area contributed by atoms with E-state index in [1.165, 1.54) is 6.07 Å². The number of hydrogen-bond donors (Lipinski definition) is 1. The Morgan fingerprint density at radius 1 is 1.29 bits per heavy atom. The Morgan fingerprint density at radius 2 is 2.00 bits per heavy atom. The standard InChI is InChI=1S/C15H25N3O3/c1-4-17(5-2)11-7-10-16-13-8-9-14(18(19)20)15(12-13)21-6-3/h8-9,12,16H,4-7,10-11H2,1-3H3. The molecule has 0 atom stereocenters. The first-order valence-electron chi connectivity index (χ1n) is 7.49. The van der Waals surface area contributed by atoms with Crippen molar-refractivity contribution >= 4 is 11.4 Å². The zero-order chi connectivity index (χ0) is 15.7. The molecule has 0 amide bonds. The highest BCUT2D eigenvalue weighted by Gasteiger charge is 2.15. The second-order valence-electron chi connectivity index (χ2n) is 4.68. The van der Waals surface area contributed by atoms with Crippen molar-refractivity contribution in [3.05, 3.63) is 28.3 Å². The van der Waals surface area contributed by atoms with Crippen molar-refractivity contribution in [1.29, 1.82) is 0 Å². The van der Waals surface area contributed by atoms with Crippen LogP contribution in [0.3, 0.4) is 0 Å². The van der Waals surface area contributed by atoms with E-state index in [9.17, 15) is 10.1 Å². The van der Waals surface area contributed by atoms with E-state index < -0.39 is 4.92 Å². The van der Waals surface area contributed by atoms with Crippen molar-refractivity contribution in [2.75, 3.05) is 38.1 Å². The zero-order valence-corrected chi connectivity index (χ0v) is 13.1. The van der Waals surface area contributed by atoms with E-state index >= 15 is 0 Å². The van der Waals surface area contributed by atoms with Crippen LogP contribution >= 0.6 is 0 Å². The van der Waals surface area contributed by atoms with Crippen molar-refractivity contribution in [2.24, 2.45) is 0 Å². The molecule has 1 rings (SSSR count). The van der Waals surface area contributed by atoms with Gasteiger partial charge < -0.3 is 15.0 Å². The third-order valence-electron chi connectivity index (χ3n) is 3.33. The predicted octanol–water partition coefficient (Wildman–Crippen LogP) is 3.14. The second-order valence-corrected chi connectivity index (χ2v) is 4.68. The van der Waals surface area contributed by atoms with E-state index in [-0.39, 0.29) is 5.69 Å². The lowest BCUT2D eigenvalue weighted by Gasteiger charge is -2.18. The molecular formula is C15H25N3O3. The van der Waals surface area contributed by atoms with E-state index in [0.29, 0.717) is 12.4 Å². The summed E-state index contributed by atoms with van der Waals surface area (Å²) in [5, 5.41) is 14.2. The number of nitro benzene ring substituents is 1. The van der Waals surface area contributed by atoms with Crippen molar-refractivity contribution in [3.8, 4) is 5.75 Å². The van der Waals surface area contributed by atoms with Gasteiger partial charge in [0.2, 0.25) is 0 Å². The van der Waals surface area contributed by atoms with Gasteiger partial charge in [0.15, 0.2) is 5.75 Å². The molecule has 0 aliphatic heterocycles. The predicted molar refractivity (Wildman–Crippen MR) is 85.2 cm³/mol. The van der Waals surface area contributed by atoms with Gasteiger partial charge >= 0.3 is 5.69 Å². The zero-order valence-electron chi connectivity index (χ0n) is 13.1. The first kappa shape index (κ1) is 17.2. The Hall–Kier alpha value is -1.82. The Kier molecular flexibility index (Phi) is 7.53. The Labute approximate surface area is 126 Å². The molecule has 0 fully saturated rings. The first-order chi connectivity index (χ1) is 10.1. The lowest BCUT2D eigenvalue weighted by molar-refractivity contribution is -0.385. The SMILES string of the molecule is CCOc1cc(NCCCN(CC)CC)ccc1[N+](=O)[O-]. The highest BCUT2D eigenvalue weighted by molar-refractivity contribution is 5.57. The highest BCUT2D eigenvalue weighted by atomic mass is 16.6. The molecule has 0 saturated heterocycles. The van der Waals surface area contributed by atoms with E-state index in [0.717, 1.165) is 38.3 Å². The third-order valence-corrected chi connectivity index (χ3v) is 3.33. The van der Waals surface area contributed by atoms with Gasteiger partial charge in [0.25, 0.3) is 0 Å². The van der Waals surface area contributed by atoms with E-state index in [4.69, 9.17) is 4.74 Å². The minimum atomic E-state index is -0.421. The molecule has 0 aliphatic carbocycles. The average molecular weight is 295 g/mol. The molecule has 6 heteroatoms. The van der Waals surface area contributed by atoms with Crippen LogP contribution in [0.2, 0.25) is 0 Å². The van der Waals surface area contributed by atoms with Gasteiger partial charge in [0.05, 0.1) is 11.5 Å². The maximum Gasteiger partial charge on any atom is 0.311 e. The van der Waals surface area contributed by atoms with Crippen molar-refractivity contribution in [2.45, 2.75) is 27.2 Å². The van der Waals surface area contributed by atoms with Crippen LogP contribution in [0.25, 0.3) is 0 Å². The van der Waals surface area contributed by atoms with Crippen LogP contribution in [0.4, 0.5) is 11.4 Å². The van der Waals surface area contributed by atoms with Gasteiger partial charge in [0.1, 0.15) is 0 Å². The molecule has 1 aromatic carbocycles. The summed E-state index contributed by atoms with van der Waals surface area (Å²) in [6, 6.07) is 4.90. The number of hydrogen-bond acceptors (Lipinski definition) is 5. The fourth-order valence-corrected chi connectivity index (χ4v) is 2.12. The minimum Gasteiger partial charge on any atom is -0.487 e. The van der Waals surface area contributed by atoms with Crippen LogP contribution < -0.4 is 10.1 Å². The molecule has 0 aromatic heterocycles. The molecule has 21 heavy (non-hydrogen) atoms. The first-order valence-corrected chi connectivity index (χ1v) is 7.49. The molecule has 0 spiro atoms. The summed E-state index contributed by atoms with van der Waals surface area (Å²) in [4.78, 5) is 12.9. The summed E-state index contributed by atoms with van der Waals surface area (Å²) in [5.41, 5.74) is 0.856. The molecule has 1 N–H and O–H groups in total. The smallest absolute Gasteiger partial charge is 0.311 e. The molecule has 0 aliphatic rings. The number of benzene rings is 1. The van der Waals surface area contributed by atoms with Gasteiger partial charge in [-0.1, -0.05) is 13.8 Å². The molecule has 1 aromatic rings. The van der Waals surface area contributed by atoms with Crippen molar-refractivity contribution < 1.29 is 9.66 Å². The molecule has 118 valence electrons.